The van der Waals surface area contributed by atoms with E-state index >= 15 is 0 Å². The maximum absolute atomic E-state index is 11.9. The Bertz CT molecular complexity index is 404. The Balaban J connectivity index is 1.76. The third kappa shape index (κ3) is 3.72. The molecule has 1 amide bonds. The van der Waals surface area contributed by atoms with Crippen LogP contribution in [-0.4, -0.2) is 18.5 Å². The number of benzene rings is 1. The van der Waals surface area contributed by atoms with Gasteiger partial charge in [0.1, 0.15) is 0 Å². The Morgan fingerprint density at radius 3 is 2.63 bits per heavy atom. The molecule has 1 aliphatic carbocycles. The summed E-state index contributed by atoms with van der Waals surface area (Å²) in [6.45, 7) is 4.85. The molecule has 0 heterocycles. The molecular formula is C16H24N2O. The molecule has 104 valence electrons. The predicted molar refractivity (Wildman–Crippen MR) is 79.0 cm³/mol. The minimum Gasteiger partial charge on any atom is -0.376 e. The zero-order valence-corrected chi connectivity index (χ0v) is 11.9. The van der Waals surface area contributed by atoms with Gasteiger partial charge in [-0.3, -0.25) is 4.79 Å². The van der Waals surface area contributed by atoms with Crippen molar-refractivity contribution in [2.24, 2.45) is 11.8 Å². The lowest BCUT2D eigenvalue weighted by molar-refractivity contribution is -0.120. The van der Waals surface area contributed by atoms with Crippen LogP contribution in [0.5, 0.6) is 0 Å². The molecule has 0 aliphatic heterocycles. The molecule has 3 nitrogen and oxygen atoms in total. The SMILES string of the molecule is CCC1CCC(NC(=O)CNc2ccccc2)C1C. The molecule has 1 aromatic carbocycles. The second-order valence-corrected chi connectivity index (χ2v) is 5.50. The number of carbonyl (C=O) groups excluding carboxylic acids is 1. The van der Waals surface area contributed by atoms with E-state index in [1.165, 1.54) is 12.8 Å². The second kappa shape index (κ2) is 6.60. The summed E-state index contributed by atoms with van der Waals surface area (Å²) in [6.07, 6.45) is 3.58. The highest BCUT2D eigenvalue weighted by atomic mass is 16.2. The van der Waals surface area contributed by atoms with E-state index in [0.717, 1.165) is 18.0 Å². The van der Waals surface area contributed by atoms with Gasteiger partial charge >= 0.3 is 0 Å². The number of rotatable bonds is 5. The average Bonchev–Trinajstić information content (AvgIpc) is 2.78. The number of amides is 1. The Labute approximate surface area is 115 Å². The molecule has 0 radical (unpaired) electrons. The number of nitrogens with one attached hydrogen (secondary N) is 2. The first-order chi connectivity index (χ1) is 9.20. The summed E-state index contributed by atoms with van der Waals surface area (Å²) in [5.41, 5.74) is 0.989. The van der Waals surface area contributed by atoms with Crippen molar-refractivity contribution in [1.82, 2.24) is 5.32 Å². The highest BCUT2D eigenvalue weighted by molar-refractivity contribution is 5.81. The molecule has 19 heavy (non-hydrogen) atoms. The Morgan fingerprint density at radius 2 is 2.00 bits per heavy atom. The molecule has 0 saturated heterocycles. The lowest BCUT2D eigenvalue weighted by Gasteiger charge is -2.21. The van der Waals surface area contributed by atoms with E-state index in [1.807, 2.05) is 30.3 Å². The predicted octanol–water partition coefficient (Wildman–Crippen LogP) is 3.04. The Kier molecular flexibility index (Phi) is 4.83. The minimum atomic E-state index is 0.0949. The Morgan fingerprint density at radius 1 is 1.26 bits per heavy atom. The maximum Gasteiger partial charge on any atom is 0.239 e. The molecule has 1 fully saturated rings. The average molecular weight is 260 g/mol. The van der Waals surface area contributed by atoms with Gasteiger partial charge in [0, 0.05) is 11.7 Å². The summed E-state index contributed by atoms with van der Waals surface area (Å²) in [5.74, 6) is 1.47. The lowest BCUT2D eigenvalue weighted by atomic mass is 9.93. The fraction of sp³-hybridized carbons (Fsp3) is 0.562. The van der Waals surface area contributed by atoms with E-state index in [2.05, 4.69) is 24.5 Å². The number of hydrogen-bond acceptors (Lipinski definition) is 2. The molecule has 1 aliphatic rings. The van der Waals surface area contributed by atoms with Gasteiger partial charge in [-0.2, -0.15) is 0 Å². The van der Waals surface area contributed by atoms with Crippen molar-refractivity contribution in [3.05, 3.63) is 30.3 Å². The van der Waals surface area contributed by atoms with E-state index in [0.29, 0.717) is 18.5 Å². The smallest absolute Gasteiger partial charge is 0.239 e. The van der Waals surface area contributed by atoms with Gasteiger partial charge in [-0.05, 0) is 36.8 Å². The molecule has 3 unspecified atom stereocenters. The van der Waals surface area contributed by atoms with Crippen LogP contribution in [-0.2, 0) is 4.79 Å². The van der Waals surface area contributed by atoms with Gasteiger partial charge in [0.2, 0.25) is 5.91 Å². The summed E-state index contributed by atoms with van der Waals surface area (Å²) in [6, 6.07) is 10.2. The number of anilines is 1. The van der Waals surface area contributed by atoms with Crippen molar-refractivity contribution < 1.29 is 4.79 Å². The van der Waals surface area contributed by atoms with Gasteiger partial charge < -0.3 is 10.6 Å². The molecule has 0 bridgehead atoms. The normalized spacial score (nSPS) is 26.1. The van der Waals surface area contributed by atoms with Gasteiger partial charge in [0.25, 0.3) is 0 Å². The van der Waals surface area contributed by atoms with Crippen LogP contribution in [0.3, 0.4) is 0 Å². The summed E-state index contributed by atoms with van der Waals surface area (Å²) >= 11 is 0. The summed E-state index contributed by atoms with van der Waals surface area (Å²) in [4.78, 5) is 11.9. The number of para-hydroxylation sites is 1. The molecule has 0 spiro atoms. The lowest BCUT2D eigenvalue weighted by Crippen LogP contribution is -2.40. The first-order valence-electron chi connectivity index (χ1n) is 7.29. The van der Waals surface area contributed by atoms with Crippen molar-refractivity contribution in [2.75, 3.05) is 11.9 Å². The molecule has 1 saturated carbocycles. The van der Waals surface area contributed by atoms with Crippen molar-refractivity contribution in [1.29, 1.82) is 0 Å². The van der Waals surface area contributed by atoms with Crippen molar-refractivity contribution in [3.63, 3.8) is 0 Å². The molecule has 3 atom stereocenters. The van der Waals surface area contributed by atoms with E-state index in [-0.39, 0.29) is 5.91 Å². The van der Waals surface area contributed by atoms with Gasteiger partial charge in [-0.15, -0.1) is 0 Å². The van der Waals surface area contributed by atoms with E-state index in [9.17, 15) is 4.79 Å². The minimum absolute atomic E-state index is 0.0949. The van der Waals surface area contributed by atoms with Gasteiger partial charge in [0.05, 0.1) is 6.54 Å². The quantitative estimate of drug-likeness (QED) is 0.854. The summed E-state index contributed by atoms with van der Waals surface area (Å²) in [7, 11) is 0. The van der Waals surface area contributed by atoms with Crippen LogP contribution in [0.15, 0.2) is 30.3 Å². The van der Waals surface area contributed by atoms with Crippen LogP contribution in [0.4, 0.5) is 5.69 Å². The summed E-state index contributed by atoms with van der Waals surface area (Å²) in [5, 5.41) is 6.31. The second-order valence-electron chi connectivity index (χ2n) is 5.50. The standard InChI is InChI=1S/C16H24N2O/c1-3-13-9-10-15(12(13)2)18-16(19)11-17-14-7-5-4-6-8-14/h4-8,12-13,15,17H,3,9-11H2,1-2H3,(H,18,19). The monoisotopic (exact) mass is 260 g/mol. The number of hydrogen-bond donors (Lipinski definition) is 2. The van der Waals surface area contributed by atoms with Gasteiger partial charge in [0.15, 0.2) is 0 Å². The van der Waals surface area contributed by atoms with Gasteiger partial charge in [-0.25, -0.2) is 0 Å². The van der Waals surface area contributed by atoms with E-state index in [1.54, 1.807) is 0 Å². The van der Waals surface area contributed by atoms with Crippen LogP contribution in [0, 0.1) is 11.8 Å². The van der Waals surface area contributed by atoms with Crippen LogP contribution < -0.4 is 10.6 Å². The first kappa shape index (κ1) is 13.9. The van der Waals surface area contributed by atoms with Crippen molar-refractivity contribution >= 4 is 11.6 Å². The first-order valence-corrected chi connectivity index (χ1v) is 7.29. The zero-order chi connectivity index (χ0) is 13.7. The van der Waals surface area contributed by atoms with E-state index in [4.69, 9.17) is 0 Å². The summed E-state index contributed by atoms with van der Waals surface area (Å²) < 4.78 is 0. The van der Waals surface area contributed by atoms with Crippen molar-refractivity contribution in [2.45, 2.75) is 39.2 Å². The van der Waals surface area contributed by atoms with Crippen molar-refractivity contribution in [3.8, 4) is 0 Å². The number of carbonyl (C=O) groups is 1. The Hall–Kier alpha value is -1.51. The third-order valence-electron chi connectivity index (χ3n) is 4.32. The molecule has 0 aromatic heterocycles. The zero-order valence-electron chi connectivity index (χ0n) is 11.9. The van der Waals surface area contributed by atoms with Crippen LogP contribution in [0.2, 0.25) is 0 Å². The highest BCUT2D eigenvalue weighted by Crippen LogP contribution is 2.33. The third-order valence-corrected chi connectivity index (χ3v) is 4.32. The van der Waals surface area contributed by atoms with Crippen LogP contribution >= 0.6 is 0 Å². The highest BCUT2D eigenvalue weighted by Gasteiger charge is 2.32. The molecule has 2 rings (SSSR count). The van der Waals surface area contributed by atoms with Crippen LogP contribution in [0.1, 0.15) is 33.1 Å². The fourth-order valence-corrected chi connectivity index (χ4v) is 3.02. The maximum atomic E-state index is 11.9. The molecule has 3 heteroatoms. The fourth-order valence-electron chi connectivity index (χ4n) is 3.02. The topological polar surface area (TPSA) is 41.1 Å². The van der Waals surface area contributed by atoms with Crippen LogP contribution in [0.25, 0.3) is 0 Å². The molecule has 2 N–H and O–H groups in total. The molecular weight excluding hydrogens is 236 g/mol. The van der Waals surface area contributed by atoms with E-state index < -0.39 is 0 Å². The molecule has 1 aromatic rings. The largest absolute Gasteiger partial charge is 0.376 e. The van der Waals surface area contributed by atoms with Gasteiger partial charge in [-0.1, -0.05) is 38.5 Å².